The third kappa shape index (κ3) is 3.24. The van der Waals surface area contributed by atoms with E-state index in [4.69, 9.17) is 4.74 Å². The molecule has 0 bridgehead atoms. The second-order valence-corrected chi connectivity index (χ2v) is 5.92. The maximum Gasteiger partial charge on any atom is 0.331 e. The second kappa shape index (κ2) is 5.85. The molecule has 1 aliphatic heterocycles. The zero-order valence-corrected chi connectivity index (χ0v) is 12.6. The molecule has 0 aliphatic carbocycles. The van der Waals surface area contributed by atoms with Gasteiger partial charge in [0, 0.05) is 13.7 Å². The number of hydrogen-bond donors (Lipinski definition) is 1. The van der Waals surface area contributed by atoms with E-state index in [-0.39, 0.29) is 12.3 Å². The number of methoxy groups -OCH3 is 1. The summed E-state index contributed by atoms with van der Waals surface area (Å²) in [5.74, 6) is -1.19. The standard InChI is InChI=1S/C16H21NO4/c1-16(2,21-3)10-13(18)17-9-8-11-6-4-5-7-12(11)14(17)15(19)20/h4-7,14H,8-10H2,1-3H3,(H,19,20). The number of benzene rings is 1. The summed E-state index contributed by atoms with van der Waals surface area (Å²) >= 11 is 0. The molecule has 1 aromatic carbocycles. The van der Waals surface area contributed by atoms with Gasteiger partial charge in [0.25, 0.3) is 0 Å². The minimum atomic E-state index is -0.995. The van der Waals surface area contributed by atoms with Crippen molar-refractivity contribution in [2.45, 2.75) is 38.3 Å². The Kier molecular flexibility index (Phi) is 4.32. The first-order valence-electron chi connectivity index (χ1n) is 7.01. The highest BCUT2D eigenvalue weighted by Gasteiger charge is 2.37. The van der Waals surface area contributed by atoms with Crippen LogP contribution in [0.5, 0.6) is 0 Å². The van der Waals surface area contributed by atoms with E-state index in [0.29, 0.717) is 18.5 Å². The number of carbonyl (C=O) groups is 2. The van der Waals surface area contributed by atoms with E-state index < -0.39 is 17.6 Å². The first-order valence-corrected chi connectivity index (χ1v) is 7.01. The van der Waals surface area contributed by atoms with Crippen molar-refractivity contribution in [3.05, 3.63) is 35.4 Å². The largest absolute Gasteiger partial charge is 0.479 e. The van der Waals surface area contributed by atoms with E-state index in [1.54, 1.807) is 13.2 Å². The number of hydrogen-bond acceptors (Lipinski definition) is 3. The maximum absolute atomic E-state index is 12.5. The number of amides is 1. The number of ether oxygens (including phenoxy) is 1. The van der Waals surface area contributed by atoms with Gasteiger partial charge in [0.1, 0.15) is 0 Å². The smallest absolute Gasteiger partial charge is 0.331 e. The van der Waals surface area contributed by atoms with Crippen molar-refractivity contribution in [2.75, 3.05) is 13.7 Å². The summed E-state index contributed by atoms with van der Waals surface area (Å²) in [7, 11) is 1.55. The van der Waals surface area contributed by atoms with Gasteiger partial charge in [0.2, 0.25) is 5.91 Å². The van der Waals surface area contributed by atoms with Gasteiger partial charge in [-0.2, -0.15) is 0 Å². The summed E-state index contributed by atoms with van der Waals surface area (Å²) in [5, 5.41) is 9.53. The van der Waals surface area contributed by atoms with E-state index in [9.17, 15) is 14.7 Å². The molecule has 0 spiro atoms. The Morgan fingerprint density at radius 2 is 2.05 bits per heavy atom. The summed E-state index contributed by atoms with van der Waals surface area (Å²) in [4.78, 5) is 25.6. The van der Waals surface area contributed by atoms with E-state index in [0.717, 1.165) is 5.56 Å². The summed E-state index contributed by atoms with van der Waals surface area (Å²) in [5.41, 5.74) is 1.11. The first-order chi connectivity index (χ1) is 9.85. The minimum absolute atomic E-state index is 0.162. The SMILES string of the molecule is COC(C)(C)CC(=O)N1CCc2ccccc2C1C(=O)O. The first kappa shape index (κ1) is 15.5. The van der Waals surface area contributed by atoms with Gasteiger partial charge in [0.05, 0.1) is 12.0 Å². The Morgan fingerprint density at radius 1 is 1.38 bits per heavy atom. The van der Waals surface area contributed by atoms with Crippen molar-refractivity contribution < 1.29 is 19.4 Å². The number of carbonyl (C=O) groups excluding carboxylic acids is 1. The number of carboxylic acids is 1. The fraction of sp³-hybridized carbons (Fsp3) is 0.500. The second-order valence-electron chi connectivity index (χ2n) is 5.92. The van der Waals surface area contributed by atoms with Crippen LogP contribution in [0.4, 0.5) is 0 Å². The van der Waals surface area contributed by atoms with Crippen LogP contribution in [0.3, 0.4) is 0 Å². The lowest BCUT2D eigenvalue weighted by atomic mass is 9.91. The summed E-state index contributed by atoms with van der Waals surface area (Å²) in [6, 6.07) is 6.50. The quantitative estimate of drug-likeness (QED) is 0.921. The van der Waals surface area contributed by atoms with Gasteiger partial charge in [-0.3, -0.25) is 4.79 Å². The zero-order chi connectivity index (χ0) is 15.6. The van der Waals surface area contributed by atoms with Crippen molar-refractivity contribution in [3.8, 4) is 0 Å². The molecule has 0 radical (unpaired) electrons. The Morgan fingerprint density at radius 3 is 2.67 bits per heavy atom. The van der Waals surface area contributed by atoms with Gasteiger partial charge in [0.15, 0.2) is 6.04 Å². The number of rotatable bonds is 4. The summed E-state index contributed by atoms with van der Waals surface area (Å²) in [6.07, 6.45) is 0.842. The molecule has 21 heavy (non-hydrogen) atoms. The molecule has 1 aliphatic rings. The molecule has 1 atom stereocenters. The molecule has 5 nitrogen and oxygen atoms in total. The van der Waals surface area contributed by atoms with E-state index in [1.807, 2.05) is 32.0 Å². The Hall–Kier alpha value is -1.88. The van der Waals surface area contributed by atoms with E-state index in [1.165, 1.54) is 4.90 Å². The van der Waals surface area contributed by atoms with Gasteiger partial charge >= 0.3 is 5.97 Å². The highest BCUT2D eigenvalue weighted by atomic mass is 16.5. The molecule has 114 valence electrons. The molecule has 0 saturated heterocycles. The normalized spacial score (nSPS) is 18.2. The van der Waals surface area contributed by atoms with Crippen molar-refractivity contribution in [1.29, 1.82) is 0 Å². The average Bonchev–Trinajstić information content (AvgIpc) is 2.45. The Labute approximate surface area is 124 Å². The van der Waals surface area contributed by atoms with Crippen LogP contribution in [-0.2, 0) is 20.7 Å². The van der Waals surface area contributed by atoms with Crippen LogP contribution < -0.4 is 0 Å². The lowest BCUT2D eigenvalue weighted by Crippen LogP contribution is -2.45. The lowest BCUT2D eigenvalue weighted by molar-refractivity contribution is -0.153. The van der Waals surface area contributed by atoms with Gasteiger partial charge in [-0.1, -0.05) is 24.3 Å². The number of nitrogens with zero attached hydrogens (tertiary/aromatic N) is 1. The summed E-state index contributed by atoms with van der Waals surface area (Å²) in [6.45, 7) is 4.06. The van der Waals surface area contributed by atoms with Crippen LogP contribution in [-0.4, -0.2) is 41.1 Å². The van der Waals surface area contributed by atoms with Gasteiger partial charge in [-0.15, -0.1) is 0 Å². The number of carboxylic acid groups (broad SMARTS) is 1. The molecule has 5 heteroatoms. The fourth-order valence-electron chi connectivity index (χ4n) is 2.64. The number of fused-ring (bicyclic) bond motifs is 1. The molecule has 0 aromatic heterocycles. The zero-order valence-electron chi connectivity index (χ0n) is 12.6. The average molecular weight is 291 g/mol. The van der Waals surface area contributed by atoms with Crippen LogP contribution in [0.1, 0.15) is 37.4 Å². The van der Waals surface area contributed by atoms with Crippen molar-refractivity contribution >= 4 is 11.9 Å². The van der Waals surface area contributed by atoms with Crippen LogP contribution >= 0.6 is 0 Å². The predicted octanol–water partition coefficient (Wildman–Crippen LogP) is 2.01. The van der Waals surface area contributed by atoms with Crippen molar-refractivity contribution in [1.82, 2.24) is 4.90 Å². The lowest BCUT2D eigenvalue weighted by Gasteiger charge is -2.36. The monoisotopic (exact) mass is 291 g/mol. The van der Waals surface area contributed by atoms with Gasteiger partial charge < -0.3 is 14.7 Å². The molecular weight excluding hydrogens is 270 g/mol. The van der Waals surface area contributed by atoms with Crippen LogP contribution in [0.25, 0.3) is 0 Å². The van der Waals surface area contributed by atoms with Crippen molar-refractivity contribution in [2.24, 2.45) is 0 Å². The van der Waals surface area contributed by atoms with E-state index in [2.05, 4.69) is 0 Å². The van der Waals surface area contributed by atoms with Crippen LogP contribution in [0.15, 0.2) is 24.3 Å². The molecule has 2 rings (SSSR count). The van der Waals surface area contributed by atoms with Gasteiger partial charge in [-0.25, -0.2) is 4.79 Å². The van der Waals surface area contributed by atoms with Crippen molar-refractivity contribution in [3.63, 3.8) is 0 Å². The van der Waals surface area contributed by atoms with Gasteiger partial charge in [-0.05, 0) is 31.4 Å². The highest BCUT2D eigenvalue weighted by molar-refractivity contribution is 5.86. The number of aliphatic carboxylic acids is 1. The van der Waals surface area contributed by atoms with Crippen LogP contribution in [0.2, 0.25) is 0 Å². The molecule has 0 fully saturated rings. The molecule has 1 heterocycles. The molecular formula is C16H21NO4. The molecule has 1 amide bonds. The molecule has 0 saturated carbocycles. The molecule has 1 unspecified atom stereocenters. The fourth-order valence-corrected chi connectivity index (χ4v) is 2.64. The molecule has 1 aromatic rings. The third-order valence-electron chi connectivity index (χ3n) is 3.97. The highest BCUT2D eigenvalue weighted by Crippen LogP contribution is 2.31. The molecule has 1 N–H and O–H groups in total. The topological polar surface area (TPSA) is 66.8 Å². The summed E-state index contributed by atoms with van der Waals surface area (Å²) < 4.78 is 5.27. The Bertz CT molecular complexity index is 553. The Balaban J connectivity index is 2.29. The van der Waals surface area contributed by atoms with Crippen LogP contribution in [0, 0.1) is 0 Å². The predicted molar refractivity (Wildman–Crippen MR) is 77.9 cm³/mol. The maximum atomic E-state index is 12.5. The van der Waals surface area contributed by atoms with E-state index >= 15 is 0 Å². The minimum Gasteiger partial charge on any atom is -0.479 e. The third-order valence-corrected chi connectivity index (χ3v) is 3.97.